The van der Waals surface area contributed by atoms with Crippen molar-refractivity contribution in [2.24, 2.45) is 0 Å². The zero-order chi connectivity index (χ0) is 16.2. The van der Waals surface area contributed by atoms with Crippen molar-refractivity contribution >= 4 is 11.7 Å². The number of hydrogen-bond donors (Lipinski definition) is 3. The number of fused-ring (bicyclic) bond motifs is 1. The van der Waals surface area contributed by atoms with Crippen molar-refractivity contribution in [2.45, 2.75) is 25.5 Å². The number of ether oxygens (including phenoxy) is 1. The van der Waals surface area contributed by atoms with Crippen LogP contribution in [0, 0.1) is 0 Å². The number of aliphatic hydroxyl groups excluding tert-OH is 1. The predicted octanol–water partition coefficient (Wildman–Crippen LogP) is 2.26. The van der Waals surface area contributed by atoms with Gasteiger partial charge in [-0.25, -0.2) is 9.78 Å². The van der Waals surface area contributed by atoms with E-state index in [0.717, 1.165) is 11.1 Å². The molecule has 0 bridgehead atoms. The van der Waals surface area contributed by atoms with E-state index in [1.807, 2.05) is 31.2 Å². The number of anilines is 1. The molecule has 3 N–H and O–H groups in total. The van der Waals surface area contributed by atoms with Crippen LogP contribution in [0.5, 0.6) is 5.88 Å². The molecule has 120 valence electrons. The summed E-state index contributed by atoms with van der Waals surface area (Å²) in [6.07, 6.45) is 1.52. The predicted molar refractivity (Wildman–Crippen MR) is 86.5 cm³/mol. The standard InChI is InChI=1S/C17H19N3O3/c1-2-23-16-13(8-5-9-18-16)19-17(22)20-15-12-7-4-3-6-11(12)10-14(15)21/h3-9,14-15,21H,2,10H2,1H3,(H2,19,20,22)/t14-,15+/m1/s1. The van der Waals surface area contributed by atoms with E-state index in [1.165, 1.54) is 0 Å². The van der Waals surface area contributed by atoms with Crippen molar-refractivity contribution in [2.75, 3.05) is 11.9 Å². The van der Waals surface area contributed by atoms with E-state index >= 15 is 0 Å². The highest BCUT2D eigenvalue weighted by molar-refractivity contribution is 5.90. The molecule has 2 atom stereocenters. The van der Waals surface area contributed by atoms with Crippen molar-refractivity contribution < 1.29 is 14.6 Å². The van der Waals surface area contributed by atoms with Crippen LogP contribution in [0.2, 0.25) is 0 Å². The average molecular weight is 313 g/mol. The highest BCUT2D eigenvalue weighted by Crippen LogP contribution is 2.31. The first-order valence-electron chi connectivity index (χ1n) is 7.60. The van der Waals surface area contributed by atoms with Crippen molar-refractivity contribution in [1.82, 2.24) is 10.3 Å². The van der Waals surface area contributed by atoms with Gasteiger partial charge in [-0.3, -0.25) is 0 Å². The molecule has 0 fully saturated rings. The highest BCUT2D eigenvalue weighted by Gasteiger charge is 2.31. The summed E-state index contributed by atoms with van der Waals surface area (Å²) in [5.41, 5.74) is 2.50. The minimum Gasteiger partial charge on any atom is -0.476 e. The quantitative estimate of drug-likeness (QED) is 0.808. The molecule has 2 amide bonds. The van der Waals surface area contributed by atoms with Gasteiger partial charge in [-0.15, -0.1) is 0 Å². The normalized spacial score (nSPS) is 19.0. The highest BCUT2D eigenvalue weighted by atomic mass is 16.5. The topological polar surface area (TPSA) is 83.5 Å². The first-order chi connectivity index (χ1) is 11.2. The van der Waals surface area contributed by atoms with Crippen molar-refractivity contribution in [3.63, 3.8) is 0 Å². The molecule has 0 radical (unpaired) electrons. The van der Waals surface area contributed by atoms with Crippen LogP contribution in [0.4, 0.5) is 10.5 Å². The van der Waals surface area contributed by atoms with E-state index in [4.69, 9.17) is 4.74 Å². The minimum atomic E-state index is -0.626. The lowest BCUT2D eigenvalue weighted by Gasteiger charge is -2.19. The van der Waals surface area contributed by atoms with Gasteiger partial charge in [0, 0.05) is 12.6 Å². The second-order valence-electron chi connectivity index (χ2n) is 5.34. The van der Waals surface area contributed by atoms with E-state index in [-0.39, 0.29) is 0 Å². The number of aliphatic hydroxyl groups is 1. The number of carbonyl (C=O) groups is 1. The molecular formula is C17H19N3O3. The first-order valence-corrected chi connectivity index (χ1v) is 7.60. The number of carbonyl (C=O) groups excluding carboxylic acids is 1. The number of nitrogens with zero attached hydrogens (tertiary/aromatic N) is 1. The largest absolute Gasteiger partial charge is 0.476 e. The Morgan fingerprint density at radius 3 is 3.00 bits per heavy atom. The van der Waals surface area contributed by atoms with Crippen LogP contribution < -0.4 is 15.4 Å². The lowest BCUT2D eigenvalue weighted by molar-refractivity contribution is 0.144. The molecule has 2 aromatic rings. The molecule has 1 aliphatic rings. The van der Waals surface area contributed by atoms with E-state index in [2.05, 4.69) is 15.6 Å². The lowest BCUT2D eigenvalue weighted by atomic mass is 10.1. The van der Waals surface area contributed by atoms with E-state index in [9.17, 15) is 9.90 Å². The summed E-state index contributed by atoms with van der Waals surface area (Å²) in [4.78, 5) is 16.4. The van der Waals surface area contributed by atoms with Gasteiger partial charge < -0.3 is 20.5 Å². The van der Waals surface area contributed by atoms with Crippen LogP contribution >= 0.6 is 0 Å². The summed E-state index contributed by atoms with van der Waals surface area (Å²) in [7, 11) is 0. The fourth-order valence-corrected chi connectivity index (χ4v) is 2.79. The summed E-state index contributed by atoms with van der Waals surface area (Å²) >= 11 is 0. The van der Waals surface area contributed by atoms with Gasteiger partial charge in [-0.2, -0.15) is 0 Å². The number of pyridine rings is 1. The average Bonchev–Trinajstić information content (AvgIpc) is 2.85. The molecule has 0 spiro atoms. The number of rotatable bonds is 4. The second kappa shape index (κ2) is 6.66. The fourth-order valence-electron chi connectivity index (χ4n) is 2.79. The van der Waals surface area contributed by atoms with Gasteiger partial charge >= 0.3 is 6.03 Å². The van der Waals surface area contributed by atoms with Gasteiger partial charge in [0.1, 0.15) is 5.69 Å². The van der Waals surface area contributed by atoms with Crippen LogP contribution in [0.3, 0.4) is 0 Å². The first kappa shape index (κ1) is 15.3. The van der Waals surface area contributed by atoms with Crippen LogP contribution in [0.25, 0.3) is 0 Å². The molecule has 0 saturated heterocycles. The Bertz CT molecular complexity index is 705. The third kappa shape index (κ3) is 3.27. The Morgan fingerprint density at radius 2 is 2.17 bits per heavy atom. The van der Waals surface area contributed by atoms with Gasteiger partial charge in [0.2, 0.25) is 5.88 Å². The molecule has 1 aromatic carbocycles. The summed E-state index contributed by atoms with van der Waals surface area (Å²) in [5, 5.41) is 15.7. The number of urea groups is 1. The molecule has 1 aliphatic carbocycles. The van der Waals surface area contributed by atoms with Gasteiger partial charge in [0.15, 0.2) is 0 Å². The van der Waals surface area contributed by atoms with Crippen LogP contribution in [-0.4, -0.2) is 28.8 Å². The van der Waals surface area contributed by atoms with Crippen LogP contribution in [0.15, 0.2) is 42.6 Å². The van der Waals surface area contributed by atoms with Gasteiger partial charge in [-0.05, 0) is 30.2 Å². The van der Waals surface area contributed by atoms with Gasteiger partial charge in [0.25, 0.3) is 0 Å². The smallest absolute Gasteiger partial charge is 0.319 e. The van der Waals surface area contributed by atoms with Crippen molar-refractivity contribution in [3.8, 4) is 5.88 Å². The second-order valence-corrected chi connectivity index (χ2v) is 5.34. The van der Waals surface area contributed by atoms with Crippen molar-refractivity contribution in [1.29, 1.82) is 0 Å². The zero-order valence-corrected chi connectivity index (χ0v) is 12.8. The van der Waals surface area contributed by atoms with E-state index < -0.39 is 18.2 Å². The number of nitrogens with one attached hydrogen (secondary N) is 2. The molecule has 6 nitrogen and oxygen atoms in total. The Morgan fingerprint density at radius 1 is 1.35 bits per heavy atom. The van der Waals surface area contributed by atoms with Gasteiger partial charge in [-0.1, -0.05) is 24.3 Å². The number of amides is 2. The van der Waals surface area contributed by atoms with Crippen LogP contribution in [0.1, 0.15) is 24.1 Å². The monoisotopic (exact) mass is 313 g/mol. The molecule has 23 heavy (non-hydrogen) atoms. The molecule has 3 rings (SSSR count). The van der Waals surface area contributed by atoms with E-state index in [1.54, 1.807) is 18.3 Å². The summed E-state index contributed by atoms with van der Waals surface area (Å²) in [5.74, 6) is 0.373. The van der Waals surface area contributed by atoms with Crippen molar-refractivity contribution in [3.05, 3.63) is 53.7 Å². The minimum absolute atomic E-state index is 0.373. The Labute approximate surface area is 134 Å². The lowest BCUT2D eigenvalue weighted by Crippen LogP contribution is -2.36. The molecule has 0 saturated carbocycles. The maximum Gasteiger partial charge on any atom is 0.319 e. The Balaban J connectivity index is 1.71. The number of aromatic nitrogens is 1. The fraction of sp³-hybridized carbons (Fsp3) is 0.294. The molecule has 6 heteroatoms. The SMILES string of the molecule is CCOc1ncccc1NC(=O)N[C@H]1c2ccccc2C[C@H]1O. The molecular weight excluding hydrogens is 294 g/mol. The molecule has 1 heterocycles. The molecule has 1 aromatic heterocycles. The number of hydrogen-bond acceptors (Lipinski definition) is 4. The summed E-state index contributed by atoms with van der Waals surface area (Å²) < 4.78 is 5.38. The Hall–Kier alpha value is -2.60. The summed E-state index contributed by atoms with van der Waals surface area (Å²) in [6, 6.07) is 10.3. The molecule has 0 unspecified atom stereocenters. The maximum atomic E-state index is 12.3. The van der Waals surface area contributed by atoms with E-state index in [0.29, 0.717) is 24.6 Å². The molecule has 0 aliphatic heterocycles. The third-order valence-electron chi connectivity index (χ3n) is 3.79. The van der Waals surface area contributed by atoms with Crippen LogP contribution in [-0.2, 0) is 6.42 Å². The maximum absolute atomic E-state index is 12.3. The third-order valence-corrected chi connectivity index (χ3v) is 3.79. The zero-order valence-electron chi connectivity index (χ0n) is 12.8. The van der Waals surface area contributed by atoms with Gasteiger partial charge in [0.05, 0.1) is 18.8 Å². The number of benzene rings is 1. The Kier molecular flexibility index (Phi) is 4.43. The summed E-state index contributed by atoms with van der Waals surface area (Å²) in [6.45, 7) is 2.31.